The summed E-state index contributed by atoms with van der Waals surface area (Å²) in [5, 5.41) is 0.367. The Bertz CT molecular complexity index is 1180. The van der Waals surface area contributed by atoms with E-state index in [1.807, 2.05) is 6.92 Å². The zero-order valence-electron chi connectivity index (χ0n) is 18.1. The zero-order chi connectivity index (χ0) is 23.2. The number of aryl methyl sites for hydroxylation is 2. The van der Waals surface area contributed by atoms with E-state index in [9.17, 15) is 13.2 Å². The number of piperidine rings is 1. The number of halogens is 4. The maximum Gasteiger partial charge on any atom is 0.418 e. The van der Waals surface area contributed by atoms with Crippen LogP contribution in [-0.2, 0) is 12.6 Å². The molecule has 1 fully saturated rings. The maximum absolute atomic E-state index is 15.7. The molecule has 6 nitrogen and oxygen atoms in total. The predicted molar refractivity (Wildman–Crippen MR) is 115 cm³/mol. The van der Waals surface area contributed by atoms with Crippen LogP contribution in [0.15, 0.2) is 12.3 Å². The van der Waals surface area contributed by atoms with E-state index in [-0.39, 0.29) is 16.9 Å². The zero-order valence-corrected chi connectivity index (χ0v) is 18.1. The van der Waals surface area contributed by atoms with Crippen LogP contribution in [0.4, 0.5) is 29.2 Å². The number of alkyl halides is 3. The van der Waals surface area contributed by atoms with Crippen LogP contribution in [0.2, 0.25) is 0 Å². The Labute approximate surface area is 182 Å². The second-order valence-corrected chi connectivity index (χ2v) is 8.28. The van der Waals surface area contributed by atoms with Crippen LogP contribution in [0.25, 0.3) is 22.3 Å². The van der Waals surface area contributed by atoms with Gasteiger partial charge in [0.05, 0.1) is 10.9 Å². The molecular weight excluding hydrogens is 424 g/mol. The lowest BCUT2D eigenvalue weighted by Crippen LogP contribution is -2.35. The van der Waals surface area contributed by atoms with E-state index in [1.165, 1.54) is 13.1 Å². The van der Waals surface area contributed by atoms with Crippen LogP contribution in [0.3, 0.4) is 0 Å². The molecular formula is C22H24F4N6. The highest BCUT2D eigenvalue weighted by atomic mass is 19.4. The third kappa shape index (κ3) is 3.93. The molecule has 32 heavy (non-hydrogen) atoms. The molecule has 170 valence electrons. The van der Waals surface area contributed by atoms with E-state index in [0.29, 0.717) is 29.4 Å². The Morgan fingerprint density at radius 3 is 2.59 bits per heavy atom. The summed E-state index contributed by atoms with van der Waals surface area (Å²) >= 11 is 0. The van der Waals surface area contributed by atoms with Gasteiger partial charge in [-0.2, -0.15) is 13.2 Å². The minimum atomic E-state index is -4.75. The van der Waals surface area contributed by atoms with E-state index in [4.69, 9.17) is 5.73 Å². The van der Waals surface area contributed by atoms with Gasteiger partial charge in [-0.1, -0.05) is 13.8 Å². The van der Waals surface area contributed by atoms with Gasteiger partial charge in [0.1, 0.15) is 34.4 Å². The Morgan fingerprint density at radius 1 is 1.19 bits per heavy atom. The molecule has 2 N–H and O–H groups in total. The van der Waals surface area contributed by atoms with Crippen molar-refractivity contribution in [2.45, 2.75) is 46.2 Å². The average Bonchev–Trinajstić information content (AvgIpc) is 2.71. The quantitative estimate of drug-likeness (QED) is 0.572. The summed E-state index contributed by atoms with van der Waals surface area (Å²) in [4.78, 5) is 18.8. The third-order valence-corrected chi connectivity index (χ3v) is 5.73. The molecule has 1 unspecified atom stereocenters. The average molecular weight is 448 g/mol. The van der Waals surface area contributed by atoms with Gasteiger partial charge in [-0.25, -0.2) is 19.3 Å². The SMILES string of the molecule is CCc1nc(N2CCCC(C)C2)c2cnc(-c3nc(N)cc(C)c3C(F)(F)F)c(F)c2n1. The van der Waals surface area contributed by atoms with Crippen molar-refractivity contribution in [2.24, 2.45) is 5.92 Å². The first-order valence-corrected chi connectivity index (χ1v) is 10.5. The molecule has 1 aliphatic rings. The molecule has 1 atom stereocenters. The van der Waals surface area contributed by atoms with Crippen molar-refractivity contribution in [2.75, 3.05) is 23.7 Å². The number of anilines is 2. The van der Waals surface area contributed by atoms with Crippen molar-refractivity contribution in [1.29, 1.82) is 0 Å². The minimum Gasteiger partial charge on any atom is -0.384 e. The normalized spacial score (nSPS) is 17.2. The summed E-state index contributed by atoms with van der Waals surface area (Å²) in [7, 11) is 0. The molecule has 0 radical (unpaired) electrons. The smallest absolute Gasteiger partial charge is 0.384 e. The summed E-state index contributed by atoms with van der Waals surface area (Å²) < 4.78 is 57.0. The summed E-state index contributed by atoms with van der Waals surface area (Å²) in [5.41, 5.74) is 3.24. The van der Waals surface area contributed by atoms with Crippen molar-refractivity contribution in [3.05, 3.63) is 35.0 Å². The summed E-state index contributed by atoms with van der Waals surface area (Å²) in [6.07, 6.45) is -0.894. The monoisotopic (exact) mass is 448 g/mol. The first-order chi connectivity index (χ1) is 15.1. The first kappa shape index (κ1) is 22.2. The highest BCUT2D eigenvalue weighted by Crippen LogP contribution is 2.40. The van der Waals surface area contributed by atoms with Gasteiger partial charge in [-0.3, -0.25) is 4.98 Å². The lowest BCUT2D eigenvalue weighted by atomic mass is 10.00. The summed E-state index contributed by atoms with van der Waals surface area (Å²) in [5.74, 6) is 0.309. The van der Waals surface area contributed by atoms with Gasteiger partial charge in [-0.05, 0) is 37.3 Å². The molecule has 0 amide bonds. The molecule has 0 aliphatic carbocycles. The first-order valence-electron chi connectivity index (χ1n) is 10.5. The molecule has 0 spiro atoms. The van der Waals surface area contributed by atoms with E-state index in [0.717, 1.165) is 32.0 Å². The highest BCUT2D eigenvalue weighted by molar-refractivity contribution is 5.91. The number of fused-ring (bicyclic) bond motifs is 1. The van der Waals surface area contributed by atoms with Crippen molar-refractivity contribution >= 4 is 22.5 Å². The van der Waals surface area contributed by atoms with Crippen LogP contribution in [0.1, 0.15) is 43.6 Å². The lowest BCUT2D eigenvalue weighted by Gasteiger charge is -2.32. The van der Waals surface area contributed by atoms with Gasteiger partial charge >= 0.3 is 6.18 Å². The van der Waals surface area contributed by atoms with Gasteiger partial charge in [0.2, 0.25) is 0 Å². The number of nitrogen functional groups attached to an aromatic ring is 1. The van der Waals surface area contributed by atoms with Crippen molar-refractivity contribution < 1.29 is 17.6 Å². The van der Waals surface area contributed by atoms with E-state index >= 15 is 4.39 Å². The largest absolute Gasteiger partial charge is 0.418 e. The fraction of sp³-hybridized carbons (Fsp3) is 0.455. The van der Waals surface area contributed by atoms with Gasteiger partial charge in [-0.15, -0.1) is 0 Å². The number of rotatable bonds is 3. The molecule has 10 heteroatoms. The van der Waals surface area contributed by atoms with Crippen LogP contribution < -0.4 is 10.6 Å². The number of nitrogens with zero attached hydrogens (tertiary/aromatic N) is 5. The predicted octanol–water partition coefficient (Wildman–Crippen LogP) is 4.93. The fourth-order valence-corrected chi connectivity index (χ4v) is 4.26. The summed E-state index contributed by atoms with van der Waals surface area (Å²) in [6, 6.07) is 1.11. The Morgan fingerprint density at radius 2 is 1.94 bits per heavy atom. The highest BCUT2D eigenvalue weighted by Gasteiger charge is 2.38. The van der Waals surface area contributed by atoms with Crippen molar-refractivity contribution in [3.8, 4) is 11.4 Å². The lowest BCUT2D eigenvalue weighted by molar-refractivity contribution is -0.137. The molecule has 4 heterocycles. The van der Waals surface area contributed by atoms with E-state index < -0.39 is 28.9 Å². The van der Waals surface area contributed by atoms with E-state index in [2.05, 4.69) is 31.8 Å². The maximum atomic E-state index is 15.7. The fourth-order valence-electron chi connectivity index (χ4n) is 4.26. The van der Waals surface area contributed by atoms with Crippen molar-refractivity contribution in [1.82, 2.24) is 19.9 Å². The number of pyridine rings is 2. The molecule has 1 aliphatic heterocycles. The molecule has 3 aromatic heterocycles. The number of aromatic nitrogens is 4. The van der Waals surface area contributed by atoms with Crippen LogP contribution >= 0.6 is 0 Å². The Balaban J connectivity index is 1.97. The van der Waals surface area contributed by atoms with Gasteiger partial charge in [0, 0.05) is 25.7 Å². The third-order valence-electron chi connectivity index (χ3n) is 5.73. The van der Waals surface area contributed by atoms with Crippen molar-refractivity contribution in [3.63, 3.8) is 0 Å². The second kappa shape index (κ2) is 8.14. The number of nitrogens with two attached hydrogens (primary N) is 1. The van der Waals surface area contributed by atoms with Gasteiger partial charge in [0.25, 0.3) is 0 Å². The second-order valence-electron chi connectivity index (χ2n) is 8.28. The van der Waals surface area contributed by atoms with Gasteiger partial charge in [0.15, 0.2) is 5.82 Å². The molecule has 4 rings (SSSR count). The minimum absolute atomic E-state index is 0.0647. The van der Waals surface area contributed by atoms with Crippen LogP contribution in [0.5, 0.6) is 0 Å². The van der Waals surface area contributed by atoms with Gasteiger partial charge < -0.3 is 10.6 Å². The Kier molecular flexibility index (Phi) is 5.64. The Hall–Kier alpha value is -3.04. The molecule has 1 saturated heterocycles. The standard InChI is InChI=1S/C22H24F4N6/c1-4-15-30-18-13(21(31-15)32-7-5-6-11(2)10-32)9-28-20(17(18)23)19-16(22(24,25)26)12(3)8-14(27)29-19/h8-9,11H,4-7,10H2,1-3H3,(H2,27,29). The van der Waals surface area contributed by atoms with E-state index in [1.54, 1.807) is 0 Å². The molecule has 0 saturated carbocycles. The topological polar surface area (TPSA) is 80.8 Å². The molecule has 3 aromatic rings. The molecule has 0 bridgehead atoms. The number of hydrogen-bond acceptors (Lipinski definition) is 6. The number of hydrogen-bond donors (Lipinski definition) is 1. The van der Waals surface area contributed by atoms with Crippen LogP contribution in [-0.4, -0.2) is 33.0 Å². The van der Waals surface area contributed by atoms with Crippen LogP contribution in [0, 0.1) is 18.7 Å². The summed E-state index contributed by atoms with van der Waals surface area (Å²) in [6.45, 7) is 6.76. The molecule has 0 aromatic carbocycles.